The van der Waals surface area contributed by atoms with Crippen molar-refractivity contribution in [1.29, 1.82) is 0 Å². The second kappa shape index (κ2) is 12.0. The number of fused-ring (bicyclic) bond motifs is 1. The molecule has 0 fully saturated rings. The number of benzene rings is 2. The number of carbonyl (C=O) groups is 1. The predicted octanol–water partition coefficient (Wildman–Crippen LogP) is 6.24. The first-order chi connectivity index (χ1) is 18.0. The molecular formula is C29H32N6O2. The molecular weight excluding hydrogens is 464 g/mol. The number of hydrogen-bond donors (Lipinski definition) is 2. The molecule has 8 heteroatoms. The Balaban J connectivity index is 1.47. The Morgan fingerprint density at radius 3 is 2.57 bits per heavy atom. The molecule has 0 bridgehead atoms. The number of nitrogens with one attached hydrogen (secondary N) is 2. The number of pyridine rings is 1. The van der Waals surface area contributed by atoms with E-state index >= 15 is 0 Å². The zero-order chi connectivity index (χ0) is 26.2. The van der Waals surface area contributed by atoms with Crippen LogP contribution in [-0.4, -0.2) is 45.5 Å². The molecule has 8 nitrogen and oxygen atoms in total. The van der Waals surface area contributed by atoms with Gasteiger partial charge in [-0.2, -0.15) is 0 Å². The number of aromatic nitrogens is 3. The fourth-order valence-corrected chi connectivity index (χ4v) is 3.86. The molecule has 4 rings (SSSR count). The Morgan fingerprint density at radius 2 is 1.84 bits per heavy atom. The normalized spacial score (nSPS) is 11.0. The summed E-state index contributed by atoms with van der Waals surface area (Å²) in [7, 11) is 0. The number of amides is 2. The summed E-state index contributed by atoms with van der Waals surface area (Å²) in [4.78, 5) is 27.0. The van der Waals surface area contributed by atoms with Crippen molar-refractivity contribution >= 4 is 34.5 Å². The molecule has 0 aliphatic rings. The van der Waals surface area contributed by atoms with Crippen LogP contribution in [0.25, 0.3) is 17.0 Å². The molecule has 0 saturated carbocycles. The highest BCUT2D eigenvalue weighted by molar-refractivity contribution is 5.92. The zero-order valence-electron chi connectivity index (χ0n) is 21.7. The van der Waals surface area contributed by atoms with E-state index in [1.165, 1.54) is 0 Å². The van der Waals surface area contributed by atoms with Gasteiger partial charge in [0.15, 0.2) is 0 Å². The number of ether oxygens (including phenoxy) is 1. The average molecular weight is 497 g/mol. The highest BCUT2D eigenvalue weighted by atomic mass is 16.5. The van der Waals surface area contributed by atoms with Crippen LogP contribution < -0.4 is 15.4 Å². The molecule has 0 radical (unpaired) electrons. The van der Waals surface area contributed by atoms with Gasteiger partial charge in [0, 0.05) is 36.4 Å². The molecule has 2 N–H and O–H groups in total. The monoisotopic (exact) mass is 496 g/mol. The number of anilines is 2. The van der Waals surface area contributed by atoms with Crippen molar-refractivity contribution < 1.29 is 9.53 Å². The van der Waals surface area contributed by atoms with Crippen molar-refractivity contribution in [2.45, 2.75) is 27.7 Å². The molecule has 4 aromatic rings. The minimum atomic E-state index is -0.0599. The molecule has 0 spiro atoms. The number of aryl methyl sites for hydroxylation is 2. The maximum absolute atomic E-state index is 12.1. The quantitative estimate of drug-likeness (QED) is 0.285. The van der Waals surface area contributed by atoms with E-state index in [9.17, 15) is 4.79 Å². The lowest BCUT2D eigenvalue weighted by Crippen LogP contribution is -2.39. The summed E-state index contributed by atoms with van der Waals surface area (Å²) < 4.78 is 5.99. The molecule has 2 heterocycles. The van der Waals surface area contributed by atoms with Gasteiger partial charge in [0.2, 0.25) is 0 Å². The molecule has 0 unspecified atom stereocenters. The minimum absolute atomic E-state index is 0.0599. The van der Waals surface area contributed by atoms with Crippen LogP contribution in [0.5, 0.6) is 11.5 Å². The third-order valence-corrected chi connectivity index (χ3v) is 5.94. The first-order valence-electron chi connectivity index (χ1n) is 12.4. The van der Waals surface area contributed by atoms with Crippen molar-refractivity contribution in [2.24, 2.45) is 0 Å². The number of urea groups is 1. The van der Waals surface area contributed by atoms with Crippen LogP contribution in [0.15, 0.2) is 67.1 Å². The Labute approximate surface area is 217 Å². The summed E-state index contributed by atoms with van der Waals surface area (Å²) in [6.07, 6.45) is 7.19. The molecule has 0 saturated heterocycles. The van der Waals surface area contributed by atoms with E-state index < -0.39 is 0 Å². The van der Waals surface area contributed by atoms with E-state index in [-0.39, 0.29) is 6.03 Å². The van der Waals surface area contributed by atoms with Crippen LogP contribution in [0.1, 0.15) is 30.7 Å². The standard InChI is InChI=1S/C29H32N6O2/c1-5-35(6-2)29(36)30-15-7-8-22-10-13-26-25(17-22)28(33-19-32-26)34-23-11-14-27(20(3)16-23)37-24-12-9-21(4)31-18-24/h7-14,16-19H,5-6,15H2,1-4H3,(H,30,36)(H,32,33,34)/b8-7+. The maximum atomic E-state index is 12.1. The first kappa shape index (κ1) is 25.6. The third kappa shape index (κ3) is 6.61. The third-order valence-electron chi connectivity index (χ3n) is 5.94. The van der Waals surface area contributed by atoms with Gasteiger partial charge in [-0.3, -0.25) is 4.98 Å². The smallest absolute Gasteiger partial charge is 0.317 e. The van der Waals surface area contributed by atoms with Gasteiger partial charge in [-0.15, -0.1) is 0 Å². The van der Waals surface area contributed by atoms with Crippen LogP contribution in [0.3, 0.4) is 0 Å². The molecule has 37 heavy (non-hydrogen) atoms. The molecule has 2 aromatic carbocycles. The van der Waals surface area contributed by atoms with Crippen LogP contribution in [0, 0.1) is 13.8 Å². The first-order valence-corrected chi connectivity index (χ1v) is 12.4. The Hall–Kier alpha value is -4.46. The maximum Gasteiger partial charge on any atom is 0.317 e. The van der Waals surface area contributed by atoms with Gasteiger partial charge >= 0.3 is 6.03 Å². The van der Waals surface area contributed by atoms with Crippen LogP contribution in [0.2, 0.25) is 0 Å². The van der Waals surface area contributed by atoms with Gasteiger partial charge < -0.3 is 20.3 Å². The lowest BCUT2D eigenvalue weighted by Gasteiger charge is -2.18. The molecule has 0 aliphatic heterocycles. The zero-order valence-corrected chi connectivity index (χ0v) is 21.7. The van der Waals surface area contributed by atoms with E-state index in [1.807, 2.05) is 88.4 Å². The summed E-state index contributed by atoms with van der Waals surface area (Å²) >= 11 is 0. The van der Waals surface area contributed by atoms with E-state index in [2.05, 4.69) is 25.6 Å². The van der Waals surface area contributed by atoms with Crippen molar-refractivity contribution in [2.75, 3.05) is 25.0 Å². The second-order valence-corrected chi connectivity index (χ2v) is 8.60. The molecule has 0 atom stereocenters. The molecule has 0 aliphatic carbocycles. The van der Waals surface area contributed by atoms with E-state index in [0.29, 0.717) is 31.2 Å². The Morgan fingerprint density at radius 1 is 1.00 bits per heavy atom. The Kier molecular flexibility index (Phi) is 8.30. The number of rotatable bonds is 9. The van der Waals surface area contributed by atoms with Crippen molar-refractivity contribution in [3.63, 3.8) is 0 Å². The topological polar surface area (TPSA) is 92.3 Å². The van der Waals surface area contributed by atoms with E-state index in [0.717, 1.165) is 39.2 Å². The molecule has 190 valence electrons. The highest BCUT2D eigenvalue weighted by Crippen LogP contribution is 2.30. The van der Waals surface area contributed by atoms with Gasteiger partial charge in [-0.05, 0) is 81.3 Å². The van der Waals surface area contributed by atoms with Crippen molar-refractivity contribution in [3.05, 3.63) is 84.0 Å². The fourth-order valence-electron chi connectivity index (χ4n) is 3.86. The summed E-state index contributed by atoms with van der Waals surface area (Å²) in [5.41, 5.74) is 4.66. The lowest BCUT2D eigenvalue weighted by atomic mass is 10.1. The minimum Gasteiger partial charge on any atom is -0.455 e. The number of nitrogens with zero attached hydrogens (tertiary/aromatic N) is 4. The van der Waals surface area contributed by atoms with Gasteiger partial charge in [0.25, 0.3) is 0 Å². The van der Waals surface area contributed by atoms with Gasteiger partial charge in [0.05, 0.1) is 11.7 Å². The van der Waals surface area contributed by atoms with E-state index in [4.69, 9.17) is 4.74 Å². The van der Waals surface area contributed by atoms with Crippen LogP contribution in [-0.2, 0) is 0 Å². The van der Waals surface area contributed by atoms with Gasteiger partial charge in [-0.25, -0.2) is 14.8 Å². The molecule has 2 aromatic heterocycles. The summed E-state index contributed by atoms with van der Waals surface area (Å²) in [6.45, 7) is 9.71. The van der Waals surface area contributed by atoms with Crippen LogP contribution in [0.4, 0.5) is 16.3 Å². The molecule has 2 amide bonds. The fraction of sp³-hybridized carbons (Fsp3) is 0.241. The van der Waals surface area contributed by atoms with Gasteiger partial charge in [-0.1, -0.05) is 18.2 Å². The predicted molar refractivity (Wildman–Crippen MR) is 148 cm³/mol. The summed E-state index contributed by atoms with van der Waals surface area (Å²) in [5.74, 6) is 2.18. The Bertz CT molecular complexity index is 1400. The van der Waals surface area contributed by atoms with Gasteiger partial charge in [0.1, 0.15) is 23.6 Å². The van der Waals surface area contributed by atoms with Crippen molar-refractivity contribution in [1.82, 2.24) is 25.2 Å². The van der Waals surface area contributed by atoms with E-state index in [1.54, 1.807) is 17.4 Å². The second-order valence-electron chi connectivity index (χ2n) is 8.60. The van der Waals surface area contributed by atoms with Crippen LogP contribution >= 0.6 is 0 Å². The van der Waals surface area contributed by atoms with Crippen molar-refractivity contribution in [3.8, 4) is 11.5 Å². The largest absolute Gasteiger partial charge is 0.455 e. The number of hydrogen-bond acceptors (Lipinski definition) is 6. The number of carbonyl (C=O) groups excluding carboxylic acids is 1. The highest BCUT2D eigenvalue weighted by Gasteiger charge is 2.09. The lowest BCUT2D eigenvalue weighted by molar-refractivity contribution is 0.204. The summed E-state index contributed by atoms with van der Waals surface area (Å²) in [5, 5.41) is 7.23. The SMILES string of the molecule is CCN(CC)C(=O)NC/C=C/c1ccc2ncnc(Nc3ccc(Oc4ccc(C)nc4)c(C)c3)c2c1. The average Bonchev–Trinajstić information content (AvgIpc) is 2.90. The summed E-state index contributed by atoms with van der Waals surface area (Å²) in [6, 6.07) is 15.7.